The number of rotatable bonds is 6. The summed E-state index contributed by atoms with van der Waals surface area (Å²) in [7, 11) is 0. The zero-order valence-electron chi connectivity index (χ0n) is 9.94. The van der Waals surface area contributed by atoms with E-state index in [4.69, 9.17) is 5.73 Å². The summed E-state index contributed by atoms with van der Waals surface area (Å²) in [5.41, 5.74) is 5.45. The van der Waals surface area contributed by atoms with Crippen molar-refractivity contribution in [3.05, 3.63) is 12.3 Å². The van der Waals surface area contributed by atoms with Gasteiger partial charge in [-0.2, -0.15) is 5.10 Å². The first-order chi connectivity index (χ1) is 7.58. The second-order valence-electron chi connectivity index (χ2n) is 4.32. The van der Waals surface area contributed by atoms with Crippen LogP contribution in [0.25, 0.3) is 0 Å². The van der Waals surface area contributed by atoms with Gasteiger partial charge in [-0.3, -0.25) is 9.48 Å². The van der Waals surface area contributed by atoms with Crippen LogP contribution in [0.3, 0.4) is 0 Å². The maximum Gasteiger partial charge on any atom is 0.241 e. The number of carbonyl (C=O) groups is 1. The van der Waals surface area contributed by atoms with Gasteiger partial charge in [-0.05, 0) is 24.8 Å². The van der Waals surface area contributed by atoms with E-state index in [1.807, 2.05) is 0 Å². The Balaban J connectivity index is 2.16. The van der Waals surface area contributed by atoms with Crippen LogP contribution in [-0.2, 0) is 11.3 Å². The minimum absolute atomic E-state index is 0.0214. The van der Waals surface area contributed by atoms with Crippen LogP contribution in [0.4, 0.5) is 5.82 Å². The number of hydrogen-bond acceptors (Lipinski definition) is 3. The number of nitrogens with one attached hydrogen (secondary N) is 1. The third-order valence-electron chi connectivity index (χ3n) is 2.25. The fourth-order valence-electron chi connectivity index (χ4n) is 1.41. The molecule has 0 aromatic carbocycles. The van der Waals surface area contributed by atoms with Gasteiger partial charge >= 0.3 is 0 Å². The van der Waals surface area contributed by atoms with Gasteiger partial charge in [0.25, 0.3) is 0 Å². The lowest BCUT2D eigenvalue weighted by molar-refractivity contribution is -0.121. The highest BCUT2D eigenvalue weighted by atomic mass is 16.2. The van der Waals surface area contributed by atoms with Crippen molar-refractivity contribution in [1.29, 1.82) is 0 Å². The molecule has 5 heteroatoms. The molecule has 16 heavy (non-hydrogen) atoms. The predicted octanol–water partition coefficient (Wildman–Crippen LogP) is 1.02. The molecule has 90 valence electrons. The first kappa shape index (κ1) is 12.5. The molecule has 0 saturated heterocycles. The van der Waals surface area contributed by atoms with E-state index in [2.05, 4.69) is 24.3 Å². The number of hydrogen-bond donors (Lipinski definition) is 2. The van der Waals surface area contributed by atoms with E-state index in [0.29, 0.717) is 11.7 Å². The molecule has 0 spiro atoms. The van der Waals surface area contributed by atoms with E-state index in [-0.39, 0.29) is 12.5 Å². The van der Waals surface area contributed by atoms with Gasteiger partial charge in [0.2, 0.25) is 5.91 Å². The molecule has 0 aliphatic heterocycles. The summed E-state index contributed by atoms with van der Waals surface area (Å²) in [6, 6.07) is 1.67. The first-order valence-corrected chi connectivity index (χ1v) is 5.63. The van der Waals surface area contributed by atoms with Crippen molar-refractivity contribution in [2.45, 2.75) is 33.2 Å². The van der Waals surface area contributed by atoms with E-state index >= 15 is 0 Å². The summed E-state index contributed by atoms with van der Waals surface area (Å²) in [6.45, 7) is 5.31. The Hall–Kier alpha value is -1.52. The van der Waals surface area contributed by atoms with Crippen LogP contribution in [0.5, 0.6) is 0 Å². The minimum Gasteiger partial charge on any atom is -0.382 e. The number of nitrogen functional groups attached to an aromatic ring is 1. The Labute approximate surface area is 96.0 Å². The fraction of sp³-hybridized carbons (Fsp3) is 0.636. The molecule has 1 rings (SSSR count). The molecule has 0 aliphatic rings. The predicted molar refractivity (Wildman–Crippen MR) is 63.7 cm³/mol. The molecule has 1 aromatic rings. The number of amides is 1. The van der Waals surface area contributed by atoms with Crippen LogP contribution < -0.4 is 11.1 Å². The van der Waals surface area contributed by atoms with Crippen molar-refractivity contribution in [2.24, 2.45) is 5.92 Å². The molecule has 5 nitrogen and oxygen atoms in total. The Morgan fingerprint density at radius 3 is 2.94 bits per heavy atom. The smallest absolute Gasteiger partial charge is 0.241 e. The third kappa shape index (κ3) is 4.82. The van der Waals surface area contributed by atoms with Crippen LogP contribution in [0, 0.1) is 5.92 Å². The third-order valence-corrected chi connectivity index (χ3v) is 2.25. The average molecular weight is 224 g/mol. The van der Waals surface area contributed by atoms with Crippen LogP contribution >= 0.6 is 0 Å². The second kappa shape index (κ2) is 6.15. The number of nitrogens with two attached hydrogens (primary N) is 1. The van der Waals surface area contributed by atoms with Crippen molar-refractivity contribution in [3.8, 4) is 0 Å². The standard InChI is InChI=1S/C11H20N4O/c1-9(2)4-3-6-13-11(16)8-15-7-5-10(12)14-15/h5,7,9H,3-4,6,8H2,1-2H3,(H2,12,14)(H,13,16). The molecule has 1 aromatic heterocycles. The number of nitrogens with zero attached hydrogens (tertiary/aromatic N) is 2. The zero-order chi connectivity index (χ0) is 12.0. The lowest BCUT2D eigenvalue weighted by atomic mass is 10.1. The van der Waals surface area contributed by atoms with Crippen LogP contribution in [0.15, 0.2) is 12.3 Å². The van der Waals surface area contributed by atoms with Crippen molar-refractivity contribution in [1.82, 2.24) is 15.1 Å². The molecule has 1 heterocycles. The SMILES string of the molecule is CC(C)CCCNC(=O)Cn1ccc(N)n1. The molecule has 1 amide bonds. The highest BCUT2D eigenvalue weighted by Gasteiger charge is 2.03. The average Bonchev–Trinajstić information content (AvgIpc) is 2.58. The Morgan fingerprint density at radius 1 is 1.62 bits per heavy atom. The molecule has 0 bridgehead atoms. The van der Waals surface area contributed by atoms with Gasteiger partial charge in [-0.1, -0.05) is 13.8 Å². The summed E-state index contributed by atoms with van der Waals surface area (Å²) in [6.07, 6.45) is 3.85. The summed E-state index contributed by atoms with van der Waals surface area (Å²) >= 11 is 0. The summed E-state index contributed by atoms with van der Waals surface area (Å²) < 4.78 is 1.53. The van der Waals surface area contributed by atoms with Gasteiger partial charge in [0.1, 0.15) is 12.4 Å². The zero-order valence-corrected chi connectivity index (χ0v) is 9.94. The lowest BCUT2D eigenvalue weighted by Crippen LogP contribution is -2.28. The quantitative estimate of drug-likeness (QED) is 0.708. The molecule has 0 aliphatic carbocycles. The fourth-order valence-corrected chi connectivity index (χ4v) is 1.41. The molecule has 0 saturated carbocycles. The molecule has 0 fully saturated rings. The summed E-state index contributed by atoms with van der Waals surface area (Å²) in [5.74, 6) is 1.10. The van der Waals surface area contributed by atoms with Crippen molar-refractivity contribution in [2.75, 3.05) is 12.3 Å². The van der Waals surface area contributed by atoms with E-state index in [1.165, 1.54) is 4.68 Å². The highest BCUT2D eigenvalue weighted by molar-refractivity contribution is 5.75. The van der Waals surface area contributed by atoms with Crippen LogP contribution in [0.2, 0.25) is 0 Å². The van der Waals surface area contributed by atoms with E-state index in [1.54, 1.807) is 12.3 Å². The maximum atomic E-state index is 11.5. The van der Waals surface area contributed by atoms with Gasteiger partial charge in [0.15, 0.2) is 0 Å². The Kier molecular flexibility index (Phi) is 4.82. The molecule has 0 unspecified atom stereocenters. The van der Waals surface area contributed by atoms with Crippen molar-refractivity contribution in [3.63, 3.8) is 0 Å². The minimum atomic E-state index is -0.0214. The monoisotopic (exact) mass is 224 g/mol. The van der Waals surface area contributed by atoms with Crippen LogP contribution in [-0.4, -0.2) is 22.2 Å². The van der Waals surface area contributed by atoms with Gasteiger partial charge in [-0.25, -0.2) is 0 Å². The van der Waals surface area contributed by atoms with E-state index in [0.717, 1.165) is 19.4 Å². The Bertz CT molecular complexity index is 332. The number of anilines is 1. The normalized spacial score (nSPS) is 10.7. The Morgan fingerprint density at radius 2 is 2.38 bits per heavy atom. The number of carbonyl (C=O) groups excluding carboxylic acids is 1. The van der Waals surface area contributed by atoms with Crippen LogP contribution in [0.1, 0.15) is 26.7 Å². The van der Waals surface area contributed by atoms with Crippen molar-refractivity contribution < 1.29 is 4.79 Å². The molecule has 0 radical (unpaired) electrons. The van der Waals surface area contributed by atoms with E-state index in [9.17, 15) is 4.79 Å². The van der Waals surface area contributed by atoms with Gasteiger partial charge < -0.3 is 11.1 Å². The molecule has 0 atom stereocenters. The van der Waals surface area contributed by atoms with Gasteiger partial charge in [0, 0.05) is 12.7 Å². The topological polar surface area (TPSA) is 72.9 Å². The second-order valence-corrected chi connectivity index (χ2v) is 4.32. The van der Waals surface area contributed by atoms with Crippen molar-refractivity contribution >= 4 is 11.7 Å². The highest BCUT2D eigenvalue weighted by Crippen LogP contribution is 2.01. The molecule has 3 N–H and O–H groups in total. The summed E-state index contributed by atoms with van der Waals surface area (Å²) in [5, 5.41) is 6.80. The number of aromatic nitrogens is 2. The summed E-state index contributed by atoms with van der Waals surface area (Å²) in [4.78, 5) is 11.5. The van der Waals surface area contributed by atoms with Gasteiger partial charge in [-0.15, -0.1) is 0 Å². The first-order valence-electron chi connectivity index (χ1n) is 5.63. The largest absolute Gasteiger partial charge is 0.382 e. The van der Waals surface area contributed by atoms with E-state index < -0.39 is 0 Å². The molecular formula is C11H20N4O. The van der Waals surface area contributed by atoms with Gasteiger partial charge in [0.05, 0.1) is 0 Å². The maximum absolute atomic E-state index is 11.5. The lowest BCUT2D eigenvalue weighted by Gasteiger charge is -2.06. The molecular weight excluding hydrogens is 204 g/mol.